The fraction of sp³-hybridized carbons (Fsp3) is 0.500. The normalized spacial score (nSPS) is 20.1. The van der Waals surface area contributed by atoms with Crippen molar-refractivity contribution < 1.29 is 23.1 Å². The van der Waals surface area contributed by atoms with Gasteiger partial charge in [-0.3, -0.25) is 4.90 Å². The minimum absolute atomic E-state index is 0.0583. The van der Waals surface area contributed by atoms with Crippen molar-refractivity contribution >= 4 is 0 Å². The lowest BCUT2D eigenvalue weighted by Gasteiger charge is -2.35. The smallest absolute Gasteiger partial charge is 0.267 e. The van der Waals surface area contributed by atoms with Crippen LogP contribution in [0.25, 0.3) is 22.8 Å². The Hall–Kier alpha value is -2.84. The van der Waals surface area contributed by atoms with Crippen LogP contribution in [0.2, 0.25) is 0 Å². The highest BCUT2D eigenvalue weighted by molar-refractivity contribution is 5.67. The lowest BCUT2D eigenvalue weighted by molar-refractivity contribution is 0.0723. The number of rotatable bonds is 7. The van der Waals surface area contributed by atoms with Crippen LogP contribution in [0.1, 0.15) is 63.7 Å². The number of halogens is 2. The first kappa shape index (κ1) is 24.8. The number of ether oxygens (including phenoxy) is 1. The zero-order chi connectivity index (χ0) is 25.7. The van der Waals surface area contributed by atoms with Gasteiger partial charge in [0.1, 0.15) is 5.75 Å². The minimum Gasteiger partial charge on any atom is -0.491 e. The fourth-order valence-corrected chi connectivity index (χ4v) is 5.64. The second kappa shape index (κ2) is 9.23. The molecule has 1 aliphatic heterocycles. The molecule has 1 atom stereocenters. The Labute approximate surface area is 210 Å². The van der Waals surface area contributed by atoms with E-state index in [9.17, 15) is 13.9 Å². The summed E-state index contributed by atoms with van der Waals surface area (Å²) in [4.78, 5) is 6.98. The molecule has 0 bridgehead atoms. The average Bonchev–Trinajstić information content (AvgIpc) is 3.59. The van der Waals surface area contributed by atoms with Gasteiger partial charge in [-0.25, -0.2) is 8.78 Å². The van der Waals surface area contributed by atoms with E-state index in [1.165, 1.54) is 23.3 Å². The van der Waals surface area contributed by atoms with Crippen molar-refractivity contribution in [2.45, 2.75) is 70.4 Å². The summed E-state index contributed by atoms with van der Waals surface area (Å²) in [5, 5.41) is 14.1. The topological polar surface area (TPSA) is 71.6 Å². The minimum atomic E-state index is -2.68. The molecule has 2 aromatic carbocycles. The molecular weight excluding hydrogens is 464 g/mol. The van der Waals surface area contributed by atoms with Gasteiger partial charge in [0.05, 0.1) is 18.3 Å². The summed E-state index contributed by atoms with van der Waals surface area (Å²) in [6.45, 7) is 9.75. The number of nitrogens with zero attached hydrogens (tertiary/aromatic N) is 3. The summed E-state index contributed by atoms with van der Waals surface area (Å²) in [5.41, 5.74) is 3.51. The van der Waals surface area contributed by atoms with Crippen molar-refractivity contribution in [3.63, 3.8) is 0 Å². The van der Waals surface area contributed by atoms with Crippen molar-refractivity contribution in [2.24, 2.45) is 0 Å². The van der Waals surface area contributed by atoms with Gasteiger partial charge in [0.2, 0.25) is 5.82 Å². The van der Waals surface area contributed by atoms with Crippen LogP contribution in [0.4, 0.5) is 8.78 Å². The van der Waals surface area contributed by atoms with Crippen LogP contribution < -0.4 is 4.74 Å². The molecule has 0 radical (unpaired) electrons. The number of alkyl halides is 2. The van der Waals surface area contributed by atoms with Crippen LogP contribution in [0.5, 0.6) is 5.75 Å². The Balaban J connectivity index is 1.45. The fourth-order valence-electron chi connectivity index (χ4n) is 5.64. The number of benzene rings is 2. The predicted molar refractivity (Wildman–Crippen MR) is 133 cm³/mol. The Bertz CT molecular complexity index is 1260. The monoisotopic (exact) mass is 497 g/mol. The lowest BCUT2D eigenvalue weighted by Crippen LogP contribution is -2.46. The molecule has 192 valence electrons. The molecule has 6 nitrogen and oxygen atoms in total. The second-order valence-corrected chi connectivity index (χ2v) is 10.9. The van der Waals surface area contributed by atoms with Gasteiger partial charge in [-0.15, -0.1) is 0 Å². The highest BCUT2D eigenvalue weighted by Gasteiger charge is 2.47. The summed E-state index contributed by atoms with van der Waals surface area (Å²) < 4.78 is 38.5. The maximum Gasteiger partial charge on any atom is 0.267 e. The summed E-state index contributed by atoms with van der Waals surface area (Å²) in [6.07, 6.45) is 0.104. The summed E-state index contributed by atoms with van der Waals surface area (Å²) in [5.74, 6) is 0.820. The van der Waals surface area contributed by atoms with Crippen LogP contribution in [0.15, 0.2) is 40.9 Å². The molecule has 5 rings (SSSR count). The van der Waals surface area contributed by atoms with E-state index in [1.54, 1.807) is 19.9 Å². The molecule has 0 amide bonds. The van der Waals surface area contributed by atoms with Crippen molar-refractivity contribution in [1.29, 1.82) is 0 Å². The summed E-state index contributed by atoms with van der Waals surface area (Å²) >= 11 is 0. The average molecular weight is 498 g/mol. The number of aliphatic hydroxyl groups excluding tert-OH is 1. The molecule has 1 N–H and O–H groups in total. The standard InChI is InChI=1S/C28H33F2N3O3/c1-17(2)35-23-9-8-18(14-21(23)24(29)30)26-31-25(32-36-26)20-6-5-7-22-19(20)10-11-28(22)12-13-33(15-28)27(3,4)16-34/h5-9,14,17,24,34H,10-13,15-16H2,1-4H3. The van der Waals surface area contributed by atoms with Gasteiger partial charge in [-0.05, 0) is 82.8 Å². The van der Waals surface area contributed by atoms with E-state index < -0.39 is 6.43 Å². The van der Waals surface area contributed by atoms with Crippen molar-refractivity contribution in [3.8, 4) is 28.6 Å². The second-order valence-electron chi connectivity index (χ2n) is 10.9. The van der Waals surface area contributed by atoms with Gasteiger partial charge >= 0.3 is 0 Å². The summed E-state index contributed by atoms with van der Waals surface area (Å²) in [6, 6.07) is 10.8. The van der Waals surface area contributed by atoms with Crippen LogP contribution in [0.3, 0.4) is 0 Å². The number of aliphatic hydroxyl groups is 1. The Morgan fingerprint density at radius 2 is 2.00 bits per heavy atom. The van der Waals surface area contributed by atoms with Crippen molar-refractivity contribution in [3.05, 3.63) is 53.1 Å². The zero-order valence-electron chi connectivity index (χ0n) is 21.2. The van der Waals surface area contributed by atoms with Crippen LogP contribution in [-0.4, -0.2) is 51.5 Å². The molecule has 1 aliphatic carbocycles. The third-order valence-corrected chi connectivity index (χ3v) is 7.72. The first-order chi connectivity index (χ1) is 17.1. The van der Waals surface area contributed by atoms with Gasteiger partial charge in [-0.1, -0.05) is 23.4 Å². The molecule has 1 aromatic heterocycles. The van der Waals surface area contributed by atoms with Gasteiger partial charge in [0.25, 0.3) is 12.3 Å². The third kappa shape index (κ3) is 4.30. The number of fused-ring (bicyclic) bond motifs is 2. The van der Waals surface area contributed by atoms with Crippen molar-refractivity contribution in [1.82, 2.24) is 15.0 Å². The van der Waals surface area contributed by atoms with E-state index in [1.807, 2.05) is 12.1 Å². The predicted octanol–water partition coefficient (Wildman–Crippen LogP) is 5.79. The van der Waals surface area contributed by atoms with Crippen molar-refractivity contribution in [2.75, 3.05) is 19.7 Å². The third-order valence-electron chi connectivity index (χ3n) is 7.72. The zero-order valence-corrected chi connectivity index (χ0v) is 21.2. The Morgan fingerprint density at radius 3 is 2.72 bits per heavy atom. The van der Waals surface area contributed by atoms with E-state index in [-0.39, 0.29) is 40.9 Å². The molecule has 2 aliphatic rings. The largest absolute Gasteiger partial charge is 0.491 e. The van der Waals surface area contributed by atoms with E-state index in [2.05, 4.69) is 35.0 Å². The van der Waals surface area contributed by atoms with Crippen LogP contribution in [-0.2, 0) is 11.8 Å². The van der Waals surface area contributed by atoms with Gasteiger partial charge in [0, 0.05) is 28.6 Å². The molecule has 3 aromatic rings. The Morgan fingerprint density at radius 1 is 1.19 bits per heavy atom. The first-order valence-electron chi connectivity index (χ1n) is 12.5. The highest BCUT2D eigenvalue weighted by Crippen LogP contribution is 2.49. The maximum absolute atomic E-state index is 13.7. The molecule has 2 heterocycles. The van der Waals surface area contributed by atoms with E-state index in [0.717, 1.165) is 37.9 Å². The molecule has 0 saturated carbocycles. The number of aromatic nitrogens is 2. The highest BCUT2D eigenvalue weighted by atomic mass is 19.3. The van der Waals surface area contributed by atoms with E-state index in [0.29, 0.717) is 11.4 Å². The maximum atomic E-state index is 13.7. The van der Waals surface area contributed by atoms with Crippen LogP contribution >= 0.6 is 0 Å². The lowest BCUT2D eigenvalue weighted by atomic mass is 9.80. The Kier molecular flexibility index (Phi) is 6.37. The van der Waals surface area contributed by atoms with E-state index >= 15 is 0 Å². The van der Waals surface area contributed by atoms with Gasteiger partial charge in [0.15, 0.2) is 0 Å². The van der Waals surface area contributed by atoms with Gasteiger partial charge in [-0.2, -0.15) is 4.98 Å². The first-order valence-corrected chi connectivity index (χ1v) is 12.5. The molecule has 1 fully saturated rings. The molecular formula is C28H33F2N3O3. The molecule has 8 heteroatoms. The molecule has 36 heavy (non-hydrogen) atoms. The quantitative estimate of drug-likeness (QED) is 0.446. The molecule has 1 saturated heterocycles. The summed E-state index contributed by atoms with van der Waals surface area (Å²) in [7, 11) is 0. The molecule has 1 unspecified atom stereocenters. The number of hydrogen-bond donors (Lipinski definition) is 1. The number of hydrogen-bond acceptors (Lipinski definition) is 6. The number of likely N-dealkylation sites (tertiary alicyclic amines) is 1. The van der Waals surface area contributed by atoms with E-state index in [4.69, 9.17) is 9.26 Å². The molecule has 1 spiro atoms. The SMILES string of the molecule is CC(C)Oc1ccc(-c2nc(-c3cccc4c3CCC43CCN(C(C)(C)CO)C3)no2)cc1C(F)F. The van der Waals surface area contributed by atoms with Gasteiger partial charge < -0.3 is 14.4 Å². The van der Waals surface area contributed by atoms with Crippen LogP contribution in [0, 0.1) is 0 Å².